The van der Waals surface area contributed by atoms with Crippen molar-refractivity contribution in [2.75, 3.05) is 12.1 Å². The van der Waals surface area contributed by atoms with Gasteiger partial charge in [0.1, 0.15) is 11.5 Å². The van der Waals surface area contributed by atoms with Gasteiger partial charge in [-0.1, -0.05) is 30.3 Å². The Bertz CT molecular complexity index is 631. The minimum atomic E-state index is -0.698. The Labute approximate surface area is 122 Å². The molecule has 2 aromatic carbocycles. The summed E-state index contributed by atoms with van der Waals surface area (Å²) < 4.78 is 5.28. The number of aromatic hydroxyl groups is 1. The molecule has 0 aliphatic carbocycles. The number of para-hydroxylation sites is 3. The summed E-state index contributed by atoms with van der Waals surface area (Å²) in [5.41, 5.74) is 9.04. The highest BCUT2D eigenvalue weighted by atomic mass is 16.5. The molecule has 0 spiro atoms. The summed E-state index contributed by atoms with van der Waals surface area (Å²) in [4.78, 5) is 11.2. The summed E-state index contributed by atoms with van der Waals surface area (Å²) in [6.07, 6.45) is 0. The molecule has 21 heavy (non-hydrogen) atoms. The van der Waals surface area contributed by atoms with E-state index in [0.717, 1.165) is 0 Å². The SMILES string of the molecule is COc1ccccc1N(Cc1ccccc1O)NC(N)=O. The molecule has 4 N–H and O–H groups in total. The zero-order valence-corrected chi connectivity index (χ0v) is 11.6. The predicted octanol–water partition coefficient (Wildman–Crippen LogP) is 1.99. The predicted molar refractivity (Wildman–Crippen MR) is 80.0 cm³/mol. The molecule has 0 radical (unpaired) electrons. The number of carbonyl (C=O) groups is 1. The third-order valence-electron chi connectivity index (χ3n) is 2.94. The number of benzene rings is 2. The van der Waals surface area contributed by atoms with Crippen LogP contribution in [0.4, 0.5) is 10.5 Å². The van der Waals surface area contributed by atoms with Crippen LogP contribution in [0.15, 0.2) is 48.5 Å². The van der Waals surface area contributed by atoms with Gasteiger partial charge in [0, 0.05) is 5.56 Å². The molecule has 0 aromatic heterocycles. The number of amides is 2. The first-order valence-electron chi connectivity index (χ1n) is 6.35. The Balaban J connectivity index is 2.34. The Morgan fingerprint density at radius 3 is 2.57 bits per heavy atom. The van der Waals surface area contributed by atoms with Crippen molar-refractivity contribution in [3.8, 4) is 11.5 Å². The maximum Gasteiger partial charge on any atom is 0.330 e. The number of anilines is 1. The summed E-state index contributed by atoms with van der Waals surface area (Å²) in [7, 11) is 1.54. The maximum atomic E-state index is 11.2. The highest BCUT2D eigenvalue weighted by Crippen LogP contribution is 2.29. The molecule has 0 aliphatic rings. The Hall–Kier alpha value is -2.89. The zero-order chi connectivity index (χ0) is 15.2. The van der Waals surface area contributed by atoms with Crippen LogP contribution in [0, 0.1) is 0 Å². The number of primary amides is 1. The van der Waals surface area contributed by atoms with E-state index < -0.39 is 6.03 Å². The van der Waals surface area contributed by atoms with Crippen molar-refractivity contribution in [2.24, 2.45) is 5.73 Å². The lowest BCUT2D eigenvalue weighted by Crippen LogP contribution is -2.45. The van der Waals surface area contributed by atoms with Gasteiger partial charge in [-0.3, -0.25) is 5.01 Å². The average molecular weight is 287 g/mol. The number of rotatable bonds is 5. The molecule has 0 bridgehead atoms. The number of hydrogen-bond acceptors (Lipinski definition) is 4. The fourth-order valence-corrected chi connectivity index (χ4v) is 1.99. The molecule has 2 amide bonds. The first-order valence-corrected chi connectivity index (χ1v) is 6.35. The number of phenolic OH excluding ortho intramolecular Hbond substituents is 1. The summed E-state index contributed by atoms with van der Waals surface area (Å²) in [6.45, 7) is 0.246. The minimum absolute atomic E-state index is 0.142. The van der Waals surface area contributed by atoms with Crippen molar-refractivity contribution >= 4 is 11.7 Å². The molecule has 0 atom stereocenters. The largest absolute Gasteiger partial charge is 0.508 e. The van der Waals surface area contributed by atoms with Crippen LogP contribution in [-0.4, -0.2) is 18.2 Å². The number of methoxy groups -OCH3 is 1. The first-order chi connectivity index (χ1) is 10.1. The van der Waals surface area contributed by atoms with E-state index in [9.17, 15) is 9.90 Å². The number of hydrogen-bond donors (Lipinski definition) is 3. The lowest BCUT2D eigenvalue weighted by Gasteiger charge is -2.26. The van der Waals surface area contributed by atoms with Gasteiger partial charge in [0.15, 0.2) is 0 Å². The topological polar surface area (TPSA) is 87.8 Å². The van der Waals surface area contributed by atoms with E-state index >= 15 is 0 Å². The lowest BCUT2D eigenvalue weighted by molar-refractivity contribution is 0.247. The number of nitrogens with one attached hydrogen (secondary N) is 1. The van der Waals surface area contributed by atoms with E-state index in [0.29, 0.717) is 17.0 Å². The number of nitrogens with zero attached hydrogens (tertiary/aromatic N) is 1. The molecule has 0 heterocycles. The van der Waals surface area contributed by atoms with Gasteiger partial charge in [-0.05, 0) is 18.2 Å². The highest BCUT2D eigenvalue weighted by molar-refractivity contribution is 5.75. The van der Waals surface area contributed by atoms with E-state index in [1.807, 2.05) is 12.1 Å². The second-order valence-electron chi connectivity index (χ2n) is 4.36. The summed E-state index contributed by atoms with van der Waals surface area (Å²) in [6, 6.07) is 13.4. The third-order valence-corrected chi connectivity index (χ3v) is 2.94. The molecule has 0 unspecified atom stereocenters. The molecule has 0 aliphatic heterocycles. The molecule has 110 valence electrons. The van der Waals surface area contributed by atoms with Crippen LogP contribution in [0.25, 0.3) is 0 Å². The number of carbonyl (C=O) groups excluding carboxylic acids is 1. The lowest BCUT2D eigenvalue weighted by atomic mass is 10.2. The first kappa shape index (κ1) is 14.5. The third kappa shape index (κ3) is 3.56. The molecule has 0 saturated carbocycles. The van der Waals surface area contributed by atoms with E-state index in [2.05, 4.69) is 5.43 Å². The smallest absolute Gasteiger partial charge is 0.330 e. The second kappa shape index (κ2) is 6.51. The number of phenols is 1. The maximum absolute atomic E-state index is 11.2. The Morgan fingerprint density at radius 1 is 1.24 bits per heavy atom. The van der Waals surface area contributed by atoms with Crippen molar-refractivity contribution in [1.82, 2.24) is 5.43 Å². The standard InChI is InChI=1S/C15H17N3O3/c1-21-14-9-5-3-7-12(14)18(17-15(16)20)10-11-6-2-4-8-13(11)19/h2-9,19H,10H2,1H3,(H3,16,17,20). The highest BCUT2D eigenvalue weighted by Gasteiger charge is 2.15. The van der Waals surface area contributed by atoms with Crippen LogP contribution in [0.3, 0.4) is 0 Å². The molecule has 6 heteroatoms. The molecule has 0 fully saturated rings. The summed E-state index contributed by atoms with van der Waals surface area (Å²) >= 11 is 0. The summed E-state index contributed by atoms with van der Waals surface area (Å²) in [5, 5.41) is 11.4. The molecule has 0 saturated heterocycles. The quantitative estimate of drug-likeness (QED) is 0.734. The molecule has 2 aromatic rings. The van der Waals surface area contributed by atoms with E-state index in [-0.39, 0.29) is 12.3 Å². The normalized spacial score (nSPS) is 9.95. The van der Waals surface area contributed by atoms with Gasteiger partial charge in [0.25, 0.3) is 0 Å². The van der Waals surface area contributed by atoms with Crippen LogP contribution in [-0.2, 0) is 6.54 Å². The van der Waals surface area contributed by atoms with Crippen LogP contribution in [0.5, 0.6) is 11.5 Å². The van der Waals surface area contributed by atoms with E-state index in [4.69, 9.17) is 10.5 Å². The monoisotopic (exact) mass is 287 g/mol. The van der Waals surface area contributed by atoms with Crippen molar-refractivity contribution in [1.29, 1.82) is 0 Å². The van der Waals surface area contributed by atoms with Gasteiger partial charge in [-0.25, -0.2) is 10.2 Å². The van der Waals surface area contributed by atoms with Gasteiger partial charge in [-0.2, -0.15) is 0 Å². The fourth-order valence-electron chi connectivity index (χ4n) is 1.99. The molecular formula is C15H17N3O3. The van der Waals surface area contributed by atoms with Crippen LogP contribution in [0.1, 0.15) is 5.56 Å². The van der Waals surface area contributed by atoms with Crippen molar-refractivity contribution in [2.45, 2.75) is 6.54 Å². The zero-order valence-electron chi connectivity index (χ0n) is 11.6. The van der Waals surface area contributed by atoms with E-state index in [1.165, 1.54) is 5.01 Å². The Kier molecular flexibility index (Phi) is 4.50. The number of ether oxygens (including phenoxy) is 1. The van der Waals surface area contributed by atoms with Gasteiger partial charge in [-0.15, -0.1) is 0 Å². The van der Waals surface area contributed by atoms with Crippen molar-refractivity contribution in [3.05, 3.63) is 54.1 Å². The van der Waals surface area contributed by atoms with Gasteiger partial charge in [0.05, 0.1) is 19.3 Å². The van der Waals surface area contributed by atoms with Gasteiger partial charge >= 0.3 is 6.03 Å². The molecule has 6 nitrogen and oxygen atoms in total. The number of hydrazine groups is 1. The molecule has 2 rings (SSSR count). The van der Waals surface area contributed by atoms with E-state index in [1.54, 1.807) is 43.5 Å². The average Bonchev–Trinajstić information content (AvgIpc) is 2.48. The summed E-state index contributed by atoms with van der Waals surface area (Å²) in [5.74, 6) is 0.727. The van der Waals surface area contributed by atoms with Crippen LogP contribution in [0.2, 0.25) is 0 Å². The van der Waals surface area contributed by atoms with Crippen molar-refractivity contribution < 1.29 is 14.6 Å². The van der Waals surface area contributed by atoms with Crippen LogP contribution < -0.4 is 20.9 Å². The second-order valence-corrected chi connectivity index (χ2v) is 4.36. The fraction of sp³-hybridized carbons (Fsp3) is 0.133. The molecular weight excluding hydrogens is 270 g/mol. The minimum Gasteiger partial charge on any atom is -0.508 e. The Morgan fingerprint density at radius 2 is 1.90 bits per heavy atom. The van der Waals surface area contributed by atoms with Gasteiger partial charge in [0.2, 0.25) is 0 Å². The number of nitrogens with two attached hydrogens (primary N) is 1. The van der Waals surface area contributed by atoms with Crippen molar-refractivity contribution in [3.63, 3.8) is 0 Å². The number of urea groups is 1. The van der Waals surface area contributed by atoms with Crippen LogP contribution >= 0.6 is 0 Å². The van der Waals surface area contributed by atoms with Gasteiger partial charge < -0.3 is 15.6 Å².